The molecule has 2 rings (SSSR count). The molecule has 2 aromatic carbocycles. The van der Waals surface area contributed by atoms with Gasteiger partial charge in [-0.15, -0.1) is 0 Å². The van der Waals surface area contributed by atoms with Gasteiger partial charge in [-0.1, -0.05) is 15.9 Å². The second-order valence-corrected chi connectivity index (χ2v) is 6.19. The molecule has 2 aromatic rings. The summed E-state index contributed by atoms with van der Waals surface area (Å²) in [6.07, 6.45) is 0. The van der Waals surface area contributed by atoms with Crippen LogP contribution >= 0.6 is 31.9 Å². The highest BCUT2D eigenvalue weighted by molar-refractivity contribution is 9.10. The van der Waals surface area contributed by atoms with Gasteiger partial charge < -0.3 is 9.47 Å². The van der Waals surface area contributed by atoms with Gasteiger partial charge in [-0.05, 0) is 58.7 Å². The number of carbonyl (C=O) groups excluding carboxylic acids is 1. The zero-order valence-electron chi connectivity index (χ0n) is 11.9. The number of hydrogen-bond acceptors (Lipinski definition) is 3. The third kappa shape index (κ3) is 3.30. The zero-order valence-corrected chi connectivity index (χ0v) is 15.0. The van der Waals surface area contributed by atoms with Crippen molar-refractivity contribution < 1.29 is 14.3 Å². The number of hydrogen-bond donors (Lipinski definition) is 0. The van der Waals surface area contributed by atoms with Crippen LogP contribution in [0.3, 0.4) is 0 Å². The van der Waals surface area contributed by atoms with Crippen molar-refractivity contribution in [2.45, 2.75) is 6.92 Å². The lowest BCUT2D eigenvalue weighted by Crippen LogP contribution is -2.04. The minimum atomic E-state index is -0.0709. The molecule has 0 amide bonds. The average molecular weight is 414 g/mol. The first-order valence-corrected chi connectivity index (χ1v) is 7.79. The predicted octanol–water partition coefficient (Wildman–Crippen LogP) is 4.77. The van der Waals surface area contributed by atoms with E-state index in [1.807, 2.05) is 19.1 Å². The first kappa shape index (κ1) is 16.0. The third-order valence-corrected chi connectivity index (χ3v) is 4.68. The van der Waals surface area contributed by atoms with E-state index in [9.17, 15) is 4.79 Å². The summed E-state index contributed by atoms with van der Waals surface area (Å²) in [5.41, 5.74) is 2.18. The van der Waals surface area contributed by atoms with Crippen molar-refractivity contribution in [3.05, 3.63) is 56.0 Å². The van der Waals surface area contributed by atoms with Crippen LogP contribution in [-0.4, -0.2) is 20.0 Å². The molecule has 0 fully saturated rings. The Labute approximate surface area is 140 Å². The van der Waals surface area contributed by atoms with Gasteiger partial charge in [0.25, 0.3) is 0 Å². The zero-order chi connectivity index (χ0) is 15.6. The second-order valence-electron chi connectivity index (χ2n) is 4.48. The number of ether oxygens (including phenoxy) is 2. The first-order chi connectivity index (χ1) is 9.97. The van der Waals surface area contributed by atoms with E-state index in [1.54, 1.807) is 32.4 Å². The minimum Gasteiger partial charge on any atom is -0.493 e. The van der Waals surface area contributed by atoms with Crippen molar-refractivity contribution in [1.29, 1.82) is 0 Å². The molecule has 3 nitrogen and oxygen atoms in total. The Bertz CT molecular complexity index is 696. The monoisotopic (exact) mass is 412 g/mol. The lowest BCUT2D eigenvalue weighted by Gasteiger charge is -2.11. The van der Waals surface area contributed by atoms with Crippen molar-refractivity contribution >= 4 is 37.6 Å². The van der Waals surface area contributed by atoms with Crippen LogP contribution < -0.4 is 9.47 Å². The number of benzene rings is 2. The van der Waals surface area contributed by atoms with Gasteiger partial charge in [-0.2, -0.15) is 0 Å². The number of methoxy groups -OCH3 is 2. The van der Waals surface area contributed by atoms with E-state index in [4.69, 9.17) is 9.47 Å². The summed E-state index contributed by atoms with van der Waals surface area (Å²) in [5.74, 6) is 1.03. The number of ketones is 1. The Balaban J connectivity index is 2.50. The van der Waals surface area contributed by atoms with Gasteiger partial charge >= 0.3 is 0 Å². The fraction of sp³-hybridized carbons (Fsp3) is 0.188. The van der Waals surface area contributed by atoms with Crippen LogP contribution in [0.25, 0.3) is 0 Å². The van der Waals surface area contributed by atoms with E-state index in [1.165, 1.54) is 0 Å². The highest BCUT2D eigenvalue weighted by Gasteiger charge is 2.17. The molecule has 110 valence electrons. The summed E-state index contributed by atoms with van der Waals surface area (Å²) in [6.45, 7) is 1.95. The summed E-state index contributed by atoms with van der Waals surface area (Å²) >= 11 is 6.85. The van der Waals surface area contributed by atoms with Gasteiger partial charge in [0.2, 0.25) is 0 Å². The quantitative estimate of drug-likeness (QED) is 0.677. The molecule has 0 saturated carbocycles. The van der Waals surface area contributed by atoms with E-state index in [-0.39, 0.29) is 5.78 Å². The standard InChI is InChI=1S/C16H14Br2O3/c1-9-6-10(4-5-12(9)17)16(19)11-7-14(20-2)15(21-3)8-13(11)18/h4-8H,1-3H3. The highest BCUT2D eigenvalue weighted by Crippen LogP contribution is 2.34. The maximum absolute atomic E-state index is 12.7. The van der Waals surface area contributed by atoms with E-state index in [0.717, 1.165) is 10.0 Å². The molecule has 0 aliphatic carbocycles. The molecule has 0 atom stereocenters. The lowest BCUT2D eigenvalue weighted by atomic mass is 10.0. The van der Waals surface area contributed by atoms with Crippen LogP contribution in [0.4, 0.5) is 0 Å². The van der Waals surface area contributed by atoms with Gasteiger partial charge in [0, 0.05) is 20.1 Å². The molecule has 0 aromatic heterocycles. The summed E-state index contributed by atoms with van der Waals surface area (Å²) in [7, 11) is 3.10. The van der Waals surface area contributed by atoms with Gasteiger partial charge in [-0.3, -0.25) is 4.79 Å². The molecule has 0 saturated heterocycles. The second kappa shape index (κ2) is 6.62. The van der Waals surface area contributed by atoms with E-state index in [0.29, 0.717) is 27.1 Å². The molecule has 5 heteroatoms. The van der Waals surface area contributed by atoms with E-state index < -0.39 is 0 Å². The summed E-state index contributed by atoms with van der Waals surface area (Å²) in [5, 5.41) is 0. The van der Waals surface area contributed by atoms with Crippen molar-refractivity contribution in [2.24, 2.45) is 0 Å². The normalized spacial score (nSPS) is 10.3. The van der Waals surface area contributed by atoms with E-state index in [2.05, 4.69) is 31.9 Å². The third-order valence-electron chi connectivity index (χ3n) is 3.14. The largest absolute Gasteiger partial charge is 0.493 e. The Kier molecular flexibility index (Phi) is 5.06. The van der Waals surface area contributed by atoms with E-state index >= 15 is 0 Å². The fourth-order valence-electron chi connectivity index (χ4n) is 1.97. The van der Waals surface area contributed by atoms with Gasteiger partial charge in [0.05, 0.1) is 14.2 Å². The maximum atomic E-state index is 12.7. The van der Waals surface area contributed by atoms with Crippen molar-refractivity contribution in [3.8, 4) is 11.5 Å². The van der Waals surface area contributed by atoms with Crippen LogP contribution in [0.15, 0.2) is 39.3 Å². The van der Waals surface area contributed by atoms with Crippen LogP contribution in [0, 0.1) is 6.92 Å². The Morgan fingerprint density at radius 3 is 2.14 bits per heavy atom. The van der Waals surface area contributed by atoms with Gasteiger partial charge in [0.15, 0.2) is 17.3 Å². The average Bonchev–Trinajstić information content (AvgIpc) is 2.49. The highest BCUT2D eigenvalue weighted by atomic mass is 79.9. The van der Waals surface area contributed by atoms with Crippen molar-refractivity contribution in [1.82, 2.24) is 0 Å². The molecule has 0 unspecified atom stereocenters. The van der Waals surface area contributed by atoms with Gasteiger partial charge in [-0.25, -0.2) is 0 Å². The summed E-state index contributed by atoms with van der Waals surface area (Å²) in [4.78, 5) is 12.7. The number of aryl methyl sites for hydroxylation is 1. The molecular formula is C16H14Br2O3. The molecule has 0 N–H and O–H groups in total. The van der Waals surface area contributed by atoms with Crippen LogP contribution in [0.1, 0.15) is 21.5 Å². The summed E-state index contributed by atoms with van der Waals surface area (Å²) in [6, 6.07) is 8.94. The molecule has 0 heterocycles. The minimum absolute atomic E-state index is 0.0709. The van der Waals surface area contributed by atoms with Crippen molar-refractivity contribution in [2.75, 3.05) is 14.2 Å². The van der Waals surface area contributed by atoms with Gasteiger partial charge in [0.1, 0.15) is 0 Å². The molecular weight excluding hydrogens is 400 g/mol. The first-order valence-electron chi connectivity index (χ1n) is 6.20. The van der Waals surface area contributed by atoms with Crippen molar-refractivity contribution in [3.63, 3.8) is 0 Å². The predicted molar refractivity (Wildman–Crippen MR) is 89.6 cm³/mol. The number of rotatable bonds is 4. The van der Waals surface area contributed by atoms with Crippen LogP contribution in [-0.2, 0) is 0 Å². The fourth-order valence-corrected chi connectivity index (χ4v) is 2.72. The molecule has 0 spiro atoms. The molecule has 0 aliphatic heterocycles. The Hall–Kier alpha value is -1.33. The molecule has 21 heavy (non-hydrogen) atoms. The smallest absolute Gasteiger partial charge is 0.194 e. The molecule has 0 bridgehead atoms. The molecule has 0 radical (unpaired) electrons. The molecule has 0 aliphatic rings. The van der Waals surface area contributed by atoms with Crippen LogP contribution in [0.2, 0.25) is 0 Å². The maximum Gasteiger partial charge on any atom is 0.194 e. The topological polar surface area (TPSA) is 35.5 Å². The Morgan fingerprint density at radius 1 is 0.952 bits per heavy atom. The number of carbonyl (C=O) groups is 1. The SMILES string of the molecule is COc1cc(Br)c(C(=O)c2ccc(Br)c(C)c2)cc1OC. The van der Waals surface area contributed by atoms with Crippen LogP contribution in [0.5, 0.6) is 11.5 Å². The summed E-state index contributed by atoms with van der Waals surface area (Å²) < 4.78 is 12.1. The lowest BCUT2D eigenvalue weighted by molar-refractivity contribution is 0.103. The Morgan fingerprint density at radius 2 is 1.57 bits per heavy atom. The number of halogens is 2.